The minimum atomic E-state index is -0.620. The summed E-state index contributed by atoms with van der Waals surface area (Å²) in [5.74, 6) is -0.807. The van der Waals surface area contributed by atoms with E-state index < -0.39 is 5.91 Å². The normalized spacial score (nSPS) is 10.6. The lowest BCUT2D eigenvalue weighted by atomic mass is 10.0. The maximum absolute atomic E-state index is 13.3. The quantitative estimate of drug-likeness (QED) is 0.334. The topological polar surface area (TPSA) is 98.7 Å². The van der Waals surface area contributed by atoms with Crippen LogP contribution in [-0.2, 0) is 17.9 Å². The Hall–Kier alpha value is -3.97. The molecule has 0 aliphatic heterocycles. The fraction of sp³-hybridized carbons (Fsp3) is 0.222. The van der Waals surface area contributed by atoms with Crippen LogP contribution < -0.4 is 10.8 Å². The average molecular weight is 460 g/mol. The van der Waals surface area contributed by atoms with Gasteiger partial charge in [-0.05, 0) is 46.9 Å². The molecule has 3 aromatic rings. The van der Waals surface area contributed by atoms with Crippen molar-refractivity contribution in [2.75, 3.05) is 6.54 Å². The molecule has 176 valence electrons. The highest BCUT2D eigenvalue weighted by molar-refractivity contribution is 5.96. The van der Waals surface area contributed by atoms with Crippen molar-refractivity contribution in [3.05, 3.63) is 107 Å². The highest BCUT2D eigenvalue weighted by Crippen LogP contribution is 2.17. The molecule has 3 aromatic carbocycles. The van der Waals surface area contributed by atoms with Gasteiger partial charge in [-0.15, -0.1) is 0 Å². The summed E-state index contributed by atoms with van der Waals surface area (Å²) < 4.78 is 0. The Kier molecular flexibility index (Phi) is 8.54. The molecule has 0 fully saturated rings. The van der Waals surface area contributed by atoms with Crippen molar-refractivity contribution in [1.82, 2.24) is 15.7 Å². The van der Waals surface area contributed by atoms with Crippen molar-refractivity contribution in [2.45, 2.75) is 32.9 Å². The molecule has 0 bridgehead atoms. The lowest BCUT2D eigenvalue weighted by Crippen LogP contribution is -2.40. The lowest BCUT2D eigenvalue weighted by molar-refractivity contribution is -0.122. The van der Waals surface area contributed by atoms with E-state index in [0.29, 0.717) is 18.0 Å². The van der Waals surface area contributed by atoms with E-state index in [9.17, 15) is 14.4 Å². The Morgan fingerprint density at radius 1 is 0.824 bits per heavy atom. The molecule has 0 aliphatic rings. The first-order chi connectivity index (χ1) is 16.4. The predicted octanol–water partition coefficient (Wildman–Crippen LogP) is 3.89. The van der Waals surface area contributed by atoms with Crippen LogP contribution in [0.5, 0.6) is 0 Å². The van der Waals surface area contributed by atoms with Gasteiger partial charge in [0.2, 0.25) is 5.91 Å². The monoisotopic (exact) mass is 459 g/mol. The molecule has 34 heavy (non-hydrogen) atoms. The third kappa shape index (κ3) is 6.76. The average Bonchev–Trinajstić information content (AvgIpc) is 2.87. The van der Waals surface area contributed by atoms with Crippen molar-refractivity contribution in [3.63, 3.8) is 0 Å². The summed E-state index contributed by atoms with van der Waals surface area (Å²) in [7, 11) is 0. The number of amides is 3. The molecule has 0 heterocycles. The molecule has 7 nitrogen and oxygen atoms in total. The number of hydrogen-bond acceptors (Lipinski definition) is 4. The third-order valence-corrected chi connectivity index (χ3v) is 5.47. The van der Waals surface area contributed by atoms with Crippen LogP contribution in [0.1, 0.15) is 57.2 Å². The van der Waals surface area contributed by atoms with Gasteiger partial charge >= 0.3 is 0 Å². The number of nitrogens with zero attached hydrogens (tertiary/aromatic N) is 1. The number of carbonyl (C=O) groups excluding carboxylic acids is 3. The van der Waals surface area contributed by atoms with E-state index in [2.05, 4.69) is 19.2 Å². The zero-order valence-corrected chi connectivity index (χ0v) is 19.3. The molecular weight excluding hydrogens is 430 g/mol. The van der Waals surface area contributed by atoms with Crippen LogP contribution in [0.15, 0.2) is 78.9 Å². The molecule has 0 saturated heterocycles. The van der Waals surface area contributed by atoms with Gasteiger partial charge in [0.1, 0.15) is 6.54 Å². The molecule has 0 saturated carbocycles. The summed E-state index contributed by atoms with van der Waals surface area (Å²) in [5.41, 5.74) is 5.22. The van der Waals surface area contributed by atoms with Crippen LogP contribution in [0, 0.1) is 0 Å². The molecule has 0 spiro atoms. The largest absolute Gasteiger partial charge is 0.350 e. The van der Waals surface area contributed by atoms with E-state index in [0.717, 1.165) is 16.7 Å². The summed E-state index contributed by atoms with van der Waals surface area (Å²) in [6, 6.07) is 23.4. The van der Waals surface area contributed by atoms with Gasteiger partial charge in [0, 0.05) is 24.2 Å². The minimum Gasteiger partial charge on any atom is -0.350 e. The molecule has 0 aliphatic carbocycles. The van der Waals surface area contributed by atoms with Gasteiger partial charge < -0.3 is 10.2 Å². The van der Waals surface area contributed by atoms with Crippen molar-refractivity contribution < 1.29 is 19.6 Å². The molecule has 0 atom stereocenters. The standard InChI is InChI=1S/C27H29N3O4/c1-19(2)22-12-14-24(15-13-22)27(33)30(17-21-8-10-23(11-9-21)26(32)29-34)18-25(31)28-16-20-6-4-3-5-7-20/h3-15,19,34H,16-18H2,1-2H3,(H,28,31)(H,29,32). The van der Waals surface area contributed by atoms with Gasteiger partial charge in [-0.3, -0.25) is 19.6 Å². The lowest BCUT2D eigenvalue weighted by Gasteiger charge is -2.23. The van der Waals surface area contributed by atoms with Crippen molar-refractivity contribution in [3.8, 4) is 0 Å². The Balaban J connectivity index is 1.76. The maximum Gasteiger partial charge on any atom is 0.274 e. The first kappa shape index (κ1) is 24.7. The maximum atomic E-state index is 13.3. The highest BCUT2D eigenvalue weighted by atomic mass is 16.5. The second-order valence-electron chi connectivity index (χ2n) is 8.34. The van der Waals surface area contributed by atoms with Gasteiger partial charge in [-0.2, -0.15) is 0 Å². The predicted molar refractivity (Wildman–Crippen MR) is 129 cm³/mol. The van der Waals surface area contributed by atoms with Crippen LogP contribution >= 0.6 is 0 Å². The molecule has 7 heteroatoms. The summed E-state index contributed by atoms with van der Waals surface area (Å²) in [4.78, 5) is 39.1. The number of carbonyl (C=O) groups is 3. The molecule has 0 unspecified atom stereocenters. The second kappa shape index (κ2) is 11.8. The number of benzene rings is 3. The van der Waals surface area contributed by atoms with E-state index >= 15 is 0 Å². The fourth-order valence-corrected chi connectivity index (χ4v) is 3.46. The van der Waals surface area contributed by atoms with Crippen molar-refractivity contribution in [2.24, 2.45) is 0 Å². The van der Waals surface area contributed by atoms with Crippen LogP contribution in [0.4, 0.5) is 0 Å². The van der Waals surface area contributed by atoms with Gasteiger partial charge in [0.25, 0.3) is 11.8 Å². The third-order valence-electron chi connectivity index (χ3n) is 5.47. The summed E-state index contributed by atoms with van der Waals surface area (Å²) >= 11 is 0. The molecular formula is C27H29N3O4. The van der Waals surface area contributed by atoms with Crippen molar-refractivity contribution >= 4 is 17.7 Å². The van der Waals surface area contributed by atoms with Crippen LogP contribution in [0.25, 0.3) is 0 Å². The summed E-state index contributed by atoms with van der Waals surface area (Å²) in [5, 5.41) is 11.7. The smallest absolute Gasteiger partial charge is 0.274 e. The highest BCUT2D eigenvalue weighted by Gasteiger charge is 2.20. The molecule has 3 amide bonds. The van der Waals surface area contributed by atoms with Crippen LogP contribution in [0.2, 0.25) is 0 Å². The zero-order valence-electron chi connectivity index (χ0n) is 19.3. The Labute approximate surface area is 199 Å². The molecule has 3 N–H and O–H groups in total. The summed E-state index contributed by atoms with van der Waals surface area (Å²) in [6.07, 6.45) is 0. The fourth-order valence-electron chi connectivity index (χ4n) is 3.46. The Morgan fingerprint density at radius 3 is 2.03 bits per heavy atom. The van der Waals surface area contributed by atoms with Crippen LogP contribution in [-0.4, -0.2) is 34.4 Å². The van der Waals surface area contributed by atoms with E-state index in [1.165, 1.54) is 4.90 Å². The first-order valence-electron chi connectivity index (χ1n) is 11.1. The first-order valence-corrected chi connectivity index (χ1v) is 11.1. The van der Waals surface area contributed by atoms with Gasteiger partial charge in [0.05, 0.1) is 0 Å². The number of hydroxylamine groups is 1. The van der Waals surface area contributed by atoms with E-state index in [4.69, 9.17) is 5.21 Å². The van der Waals surface area contributed by atoms with E-state index in [1.54, 1.807) is 41.9 Å². The Morgan fingerprint density at radius 2 is 1.44 bits per heavy atom. The molecule has 0 radical (unpaired) electrons. The molecule has 3 rings (SSSR count). The van der Waals surface area contributed by atoms with Crippen molar-refractivity contribution in [1.29, 1.82) is 0 Å². The zero-order chi connectivity index (χ0) is 24.5. The molecule has 0 aromatic heterocycles. The number of nitrogens with one attached hydrogen (secondary N) is 2. The van der Waals surface area contributed by atoms with Gasteiger partial charge in [-0.1, -0.05) is 68.4 Å². The summed E-state index contributed by atoms with van der Waals surface area (Å²) in [6.45, 7) is 4.61. The van der Waals surface area contributed by atoms with E-state index in [-0.39, 0.29) is 30.5 Å². The SMILES string of the molecule is CC(C)c1ccc(C(=O)N(CC(=O)NCc2ccccc2)Cc2ccc(C(=O)NO)cc2)cc1. The second-order valence-corrected chi connectivity index (χ2v) is 8.34. The van der Waals surface area contributed by atoms with Crippen LogP contribution in [0.3, 0.4) is 0 Å². The minimum absolute atomic E-state index is 0.115. The van der Waals surface area contributed by atoms with Gasteiger partial charge in [0.15, 0.2) is 0 Å². The Bertz CT molecular complexity index is 1110. The number of hydrogen-bond donors (Lipinski definition) is 3. The van der Waals surface area contributed by atoms with Gasteiger partial charge in [-0.25, -0.2) is 5.48 Å². The van der Waals surface area contributed by atoms with E-state index in [1.807, 2.05) is 42.5 Å². The number of rotatable bonds is 9.